The number of ketones is 1. The van der Waals surface area contributed by atoms with Crippen molar-refractivity contribution in [3.8, 4) is 0 Å². The lowest BCUT2D eigenvalue weighted by molar-refractivity contribution is -0.131. The Hall–Kier alpha value is -0.510. The van der Waals surface area contributed by atoms with Gasteiger partial charge in [0.05, 0.1) is 6.04 Å². The number of carbonyl (C=O) groups excluding carboxylic acids is 2. The normalized spacial score (nSPS) is 13.3. The van der Waals surface area contributed by atoms with Gasteiger partial charge in [0.15, 0.2) is 5.78 Å². The molecule has 0 aliphatic heterocycles. The quantitative estimate of drug-likeness (QED) is 0.730. The van der Waals surface area contributed by atoms with E-state index in [1.54, 1.807) is 11.8 Å². The smallest absolute Gasteiger partial charge is 0.217 e. The summed E-state index contributed by atoms with van der Waals surface area (Å²) in [6.07, 6.45) is 0.716. The van der Waals surface area contributed by atoms with Crippen molar-refractivity contribution < 1.29 is 9.59 Å². The van der Waals surface area contributed by atoms with Crippen LogP contribution in [-0.4, -0.2) is 29.2 Å². The SMILES string of the molecule is CCSCCC(NC(C)=O)C(=O)C(C)(C)C. The first-order valence-corrected chi connectivity index (χ1v) is 6.83. The molecule has 0 aromatic heterocycles. The molecule has 0 rings (SSSR count). The highest BCUT2D eigenvalue weighted by molar-refractivity contribution is 7.99. The molecule has 0 aromatic carbocycles. The molecule has 94 valence electrons. The Balaban J connectivity index is 4.42. The zero-order valence-electron chi connectivity index (χ0n) is 10.9. The van der Waals surface area contributed by atoms with E-state index in [4.69, 9.17) is 0 Å². The Bertz CT molecular complexity index is 246. The number of hydrogen-bond acceptors (Lipinski definition) is 3. The molecule has 0 bridgehead atoms. The molecule has 0 spiro atoms. The van der Waals surface area contributed by atoms with E-state index in [1.807, 2.05) is 20.8 Å². The fraction of sp³-hybridized carbons (Fsp3) is 0.833. The summed E-state index contributed by atoms with van der Waals surface area (Å²) >= 11 is 1.79. The zero-order chi connectivity index (χ0) is 12.8. The van der Waals surface area contributed by atoms with Gasteiger partial charge < -0.3 is 5.32 Å². The number of amides is 1. The molecule has 0 aliphatic carbocycles. The van der Waals surface area contributed by atoms with Gasteiger partial charge in [0.1, 0.15) is 0 Å². The Kier molecular flexibility index (Phi) is 6.72. The van der Waals surface area contributed by atoms with Crippen molar-refractivity contribution in [1.29, 1.82) is 0 Å². The van der Waals surface area contributed by atoms with Crippen LogP contribution in [0, 0.1) is 5.41 Å². The summed E-state index contributed by atoms with van der Waals surface area (Å²) in [4.78, 5) is 23.1. The lowest BCUT2D eigenvalue weighted by Gasteiger charge is -2.25. The maximum absolute atomic E-state index is 12.1. The Morgan fingerprint density at radius 1 is 1.31 bits per heavy atom. The van der Waals surface area contributed by atoms with Gasteiger partial charge >= 0.3 is 0 Å². The molecule has 0 saturated heterocycles. The van der Waals surface area contributed by atoms with E-state index in [-0.39, 0.29) is 17.7 Å². The second kappa shape index (κ2) is 6.94. The molecule has 16 heavy (non-hydrogen) atoms. The van der Waals surface area contributed by atoms with Gasteiger partial charge in [-0.15, -0.1) is 0 Å². The van der Waals surface area contributed by atoms with Gasteiger partial charge in [-0.1, -0.05) is 27.7 Å². The second-order valence-electron chi connectivity index (χ2n) is 4.85. The van der Waals surface area contributed by atoms with Crippen molar-refractivity contribution in [3.63, 3.8) is 0 Å². The van der Waals surface area contributed by atoms with Gasteiger partial charge in [-0.05, 0) is 17.9 Å². The van der Waals surface area contributed by atoms with Gasteiger partial charge in [-0.3, -0.25) is 9.59 Å². The topological polar surface area (TPSA) is 46.2 Å². The molecule has 4 heteroatoms. The molecule has 0 aliphatic rings. The van der Waals surface area contributed by atoms with Gasteiger partial charge in [-0.25, -0.2) is 0 Å². The summed E-state index contributed by atoms with van der Waals surface area (Å²) < 4.78 is 0. The van der Waals surface area contributed by atoms with Crippen LogP contribution < -0.4 is 5.32 Å². The summed E-state index contributed by atoms with van der Waals surface area (Å²) in [6, 6.07) is -0.337. The molecule has 0 fully saturated rings. The van der Waals surface area contributed by atoms with Crippen molar-refractivity contribution in [2.24, 2.45) is 5.41 Å². The first-order chi connectivity index (χ1) is 7.29. The van der Waals surface area contributed by atoms with Gasteiger partial charge in [-0.2, -0.15) is 11.8 Å². The highest BCUT2D eigenvalue weighted by atomic mass is 32.2. The first kappa shape index (κ1) is 15.5. The summed E-state index contributed by atoms with van der Waals surface area (Å²) in [5.74, 6) is 1.92. The number of thioether (sulfide) groups is 1. The van der Waals surface area contributed by atoms with E-state index in [1.165, 1.54) is 6.92 Å². The van der Waals surface area contributed by atoms with Crippen molar-refractivity contribution >= 4 is 23.5 Å². The molecule has 0 radical (unpaired) electrons. The van der Waals surface area contributed by atoms with Crippen molar-refractivity contribution in [3.05, 3.63) is 0 Å². The summed E-state index contributed by atoms with van der Waals surface area (Å²) in [6.45, 7) is 9.20. The predicted octanol–water partition coefficient (Wildman–Crippen LogP) is 2.25. The van der Waals surface area contributed by atoms with Crippen LogP contribution in [0.3, 0.4) is 0 Å². The molecule has 1 N–H and O–H groups in total. The van der Waals surface area contributed by atoms with Crippen molar-refractivity contribution in [2.45, 2.75) is 47.1 Å². The minimum Gasteiger partial charge on any atom is -0.346 e. The summed E-state index contributed by atoms with van der Waals surface area (Å²) in [5, 5.41) is 2.74. The van der Waals surface area contributed by atoms with Crippen LogP contribution in [0.25, 0.3) is 0 Å². The third kappa shape index (κ3) is 6.16. The highest BCUT2D eigenvalue weighted by Gasteiger charge is 2.29. The molecular weight excluding hydrogens is 222 g/mol. The van der Waals surface area contributed by atoms with Crippen LogP contribution in [0.1, 0.15) is 41.0 Å². The van der Waals surface area contributed by atoms with E-state index in [0.29, 0.717) is 6.42 Å². The molecule has 0 heterocycles. The van der Waals surface area contributed by atoms with Crippen LogP contribution in [0.2, 0.25) is 0 Å². The fourth-order valence-electron chi connectivity index (χ4n) is 1.38. The maximum atomic E-state index is 12.1. The van der Waals surface area contributed by atoms with E-state index in [0.717, 1.165) is 11.5 Å². The minimum atomic E-state index is -0.399. The van der Waals surface area contributed by atoms with Gasteiger partial charge in [0.2, 0.25) is 5.91 Å². The average molecular weight is 245 g/mol. The van der Waals surface area contributed by atoms with E-state index in [9.17, 15) is 9.59 Å². The molecule has 3 nitrogen and oxygen atoms in total. The molecule has 1 unspecified atom stereocenters. The number of hydrogen-bond donors (Lipinski definition) is 1. The van der Waals surface area contributed by atoms with Gasteiger partial charge in [0.25, 0.3) is 0 Å². The lowest BCUT2D eigenvalue weighted by Crippen LogP contribution is -2.45. The van der Waals surface area contributed by atoms with Crippen molar-refractivity contribution in [1.82, 2.24) is 5.32 Å². The standard InChI is InChI=1S/C12H23NO2S/c1-6-16-8-7-10(13-9(2)14)11(15)12(3,4)5/h10H,6-8H2,1-5H3,(H,13,14). The number of nitrogens with one attached hydrogen (secondary N) is 1. The van der Waals surface area contributed by atoms with E-state index >= 15 is 0 Å². The Morgan fingerprint density at radius 2 is 1.88 bits per heavy atom. The van der Waals surface area contributed by atoms with Crippen LogP contribution in [0.5, 0.6) is 0 Å². The number of carbonyl (C=O) groups is 2. The lowest BCUT2D eigenvalue weighted by atomic mass is 9.85. The average Bonchev–Trinajstić information content (AvgIpc) is 2.13. The van der Waals surface area contributed by atoms with Crippen LogP contribution in [0.15, 0.2) is 0 Å². The highest BCUT2D eigenvalue weighted by Crippen LogP contribution is 2.19. The van der Waals surface area contributed by atoms with E-state index < -0.39 is 5.41 Å². The maximum Gasteiger partial charge on any atom is 0.217 e. The van der Waals surface area contributed by atoms with Crippen LogP contribution in [-0.2, 0) is 9.59 Å². The first-order valence-electron chi connectivity index (χ1n) is 5.68. The fourth-order valence-corrected chi connectivity index (χ4v) is 2.07. The number of Topliss-reactive ketones (excluding diaryl/α,β-unsaturated/α-hetero) is 1. The molecule has 1 amide bonds. The Labute approximate surface area is 103 Å². The largest absolute Gasteiger partial charge is 0.346 e. The van der Waals surface area contributed by atoms with Crippen LogP contribution >= 0.6 is 11.8 Å². The van der Waals surface area contributed by atoms with Gasteiger partial charge in [0, 0.05) is 12.3 Å². The molecular formula is C12H23NO2S. The summed E-state index contributed by atoms with van der Waals surface area (Å²) in [7, 11) is 0. The second-order valence-corrected chi connectivity index (χ2v) is 6.25. The van der Waals surface area contributed by atoms with Crippen molar-refractivity contribution in [2.75, 3.05) is 11.5 Å². The third-order valence-corrected chi connectivity index (χ3v) is 3.12. The van der Waals surface area contributed by atoms with Crippen LogP contribution in [0.4, 0.5) is 0 Å². The summed E-state index contributed by atoms with van der Waals surface area (Å²) in [5.41, 5.74) is -0.399. The Morgan fingerprint density at radius 3 is 2.25 bits per heavy atom. The molecule has 0 aromatic rings. The minimum absolute atomic E-state index is 0.111. The zero-order valence-corrected chi connectivity index (χ0v) is 11.7. The third-order valence-electron chi connectivity index (χ3n) is 2.19. The van der Waals surface area contributed by atoms with E-state index in [2.05, 4.69) is 12.2 Å². The monoisotopic (exact) mass is 245 g/mol. The molecule has 1 atom stereocenters. The number of rotatable bonds is 6. The predicted molar refractivity (Wildman–Crippen MR) is 69.7 cm³/mol. The molecule has 0 saturated carbocycles.